The van der Waals surface area contributed by atoms with Crippen molar-refractivity contribution in [2.24, 2.45) is 12.9 Å². The van der Waals surface area contributed by atoms with Gasteiger partial charge in [0.05, 0.1) is 0 Å². The summed E-state index contributed by atoms with van der Waals surface area (Å²) >= 11 is 1.35. The van der Waals surface area contributed by atoms with Crippen LogP contribution in [-0.2, 0) is 7.05 Å². The van der Waals surface area contributed by atoms with E-state index in [-0.39, 0.29) is 5.69 Å². The summed E-state index contributed by atoms with van der Waals surface area (Å²) in [6, 6.07) is 3.58. The third-order valence-corrected chi connectivity index (χ3v) is 2.96. The molecule has 2 rings (SSSR count). The first kappa shape index (κ1) is 10.7. The Morgan fingerprint density at radius 1 is 1.62 bits per heavy atom. The molecule has 8 heteroatoms. The average Bonchev–Trinajstić information content (AvgIpc) is 2.61. The molecule has 0 aromatic carbocycles. The fourth-order valence-electron chi connectivity index (χ4n) is 1.08. The second-order valence-electron chi connectivity index (χ2n) is 2.99. The monoisotopic (exact) mass is 238 g/mol. The molecule has 2 aromatic rings. The Bertz CT molecular complexity index is 547. The van der Waals surface area contributed by atoms with Crippen LogP contribution in [0.15, 0.2) is 33.2 Å². The molecule has 0 bridgehead atoms. The second kappa shape index (κ2) is 4.37. The van der Waals surface area contributed by atoms with Crippen LogP contribution >= 0.6 is 11.8 Å². The van der Waals surface area contributed by atoms with Gasteiger partial charge in [0.15, 0.2) is 5.16 Å². The maximum atomic E-state index is 11.1. The van der Waals surface area contributed by atoms with Crippen LogP contribution in [-0.4, -0.2) is 19.7 Å². The number of rotatable bonds is 3. The minimum atomic E-state index is -0.242. The largest absolute Gasteiger partial charge is 0.343 e. The number of hydrazine groups is 1. The number of nitrogens with two attached hydrogens (primary N) is 1. The number of aromatic amines is 1. The maximum absolute atomic E-state index is 11.1. The molecule has 0 saturated heterocycles. The van der Waals surface area contributed by atoms with Gasteiger partial charge in [-0.3, -0.25) is 4.57 Å². The summed E-state index contributed by atoms with van der Waals surface area (Å²) in [4.78, 5) is 16.0. The smallest absolute Gasteiger partial charge is 0.308 e. The van der Waals surface area contributed by atoms with Gasteiger partial charge in [-0.15, -0.1) is 5.10 Å². The van der Waals surface area contributed by atoms with Crippen LogP contribution in [0.4, 0.5) is 5.82 Å². The minimum Gasteiger partial charge on any atom is -0.308 e. The third-order valence-electron chi connectivity index (χ3n) is 1.93. The molecular formula is C8H10N6OS. The van der Waals surface area contributed by atoms with Crippen molar-refractivity contribution in [1.82, 2.24) is 19.7 Å². The van der Waals surface area contributed by atoms with Crippen LogP contribution in [0.1, 0.15) is 0 Å². The SMILES string of the molecule is Cn1c(Sc2ccnc(NN)c2)n[nH]c1=O. The Morgan fingerprint density at radius 3 is 3.06 bits per heavy atom. The Labute approximate surface area is 95.0 Å². The number of aromatic nitrogens is 4. The Balaban J connectivity index is 2.26. The topological polar surface area (TPSA) is 102 Å². The van der Waals surface area contributed by atoms with E-state index in [0.717, 1.165) is 4.90 Å². The molecule has 2 aromatic heterocycles. The minimum absolute atomic E-state index is 0.242. The number of hydrogen-bond donors (Lipinski definition) is 3. The number of anilines is 1. The van der Waals surface area contributed by atoms with Crippen LogP contribution in [0.5, 0.6) is 0 Å². The van der Waals surface area contributed by atoms with Gasteiger partial charge in [-0.2, -0.15) is 0 Å². The zero-order valence-corrected chi connectivity index (χ0v) is 9.28. The molecule has 0 aliphatic heterocycles. The fraction of sp³-hybridized carbons (Fsp3) is 0.125. The highest BCUT2D eigenvalue weighted by Crippen LogP contribution is 2.25. The number of nitrogens with zero attached hydrogens (tertiary/aromatic N) is 3. The van der Waals surface area contributed by atoms with Crippen molar-refractivity contribution >= 4 is 17.6 Å². The van der Waals surface area contributed by atoms with Crippen molar-refractivity contribution in [3.63, 3.8) is 0 Å². The number of nitrogens with one attached hydrogen (secondary N) is 2. The van der Waals surface area contributed by atoms with Crippen LogP contribution < -0.4 is 17.0 Å². The molecule has 16 heavy (non-hydrogen) atoms. The molecule has 7 nitrogen and oxygen atoms in total. The Kier molecular flexibility index (Phi) is 2.93. The van der Waals surface area contributed by atoms with Gasteiger partial charge in [0, 0.05) is 18.1 Å². The number of nitrogen functional groups attached to an aromatic ring is 1. The molecule has 0 aliphatic rings. The number of pyridine rings is 1. The van der Waals surface area contributed by atoms with Crippen molar-refractivity contribution in [3.05, 3.63) is 28.8 Å². The lowest BCUT2D eigenvalue weighted by atomic mass is 10.5. The van der Waals surface area contributed by atoms with Gasteiger partial charge in [0.2, 0.25) is 0 Å². The molecule has 0 fully saturated rings. The third kappa shape index (κ3) is 2.07. The van der Waals surface area contributed by atoms with E-state index >= 15 is 0 Å². The lowest BCUT2D eigenvalue weighted by Gasteiger charge is -2.02. The van der Waals surface area contributed by atoms with Crippen LogP contribution in [0, 0.1) is 0 Å². The summed E-state index contributed by atoms with van der Waals surface area (Å²) < 4.78 is 1.43. The van der Waals surface area contributed by atoms with E-state index in [9.17, 15) is 4.79 Å². The predicted molar refractivity (Wildman–Crippen MR) is 60.0 cm³/mol. The van der Waals surface area contributed by atoms with Gasteiger partial charge in [-0.1, -0.05) is 0 Å². The lowest BCUT2D eigenvalue weighted by Crippen LogP contribution is -2.12. The summed E-state index contributed by atoms with van der Waals surface area (Å²) in [5, 5.41) is 6.83. The predicted octanol–water partition coefficient (Wildman–Crippen LogP) is -0.0598. The highest BCUT2D eigenvalue weighted by atomic mass is 32.2. The molecule has 0 spiro atoms. The molecule has 0 aliphatic carbocycles. The zero-order chi connectivity index (χ0) is 11.5. The van der Waals surface area contributed by atoms with Gasteiger partial charge < -0.3 is 5.43 Å². The highest BCUT2D eigenvalue weighted by Gasteiger charge is 2.06. The highest BCUT2D eigenvalue weighted by molar-refractivity contribution is 7.99. The normalized spacial score (nSPS) is 10.4. The first-order valence-corrected chi connectivity index (χ1v) is 5.24. The van der Waals surface area contributed by atoms with E-state index in [1.807, 2.05) is 6.07 Å². The summed E-state index contributed by atoms with van der Waals surface area (Å²) in [6.45, 7) is 0. The van der Waals surface area contributed by atoms with Gasteiger partial charge >= 0.3 is 5.69 Å². The van der Waals surface area contributed by atoms with Crippen LogP contribution in [0.2, 0.25) is 0 Å². The number of hydrogen-bond acceptors (Lipinski definition) is 6. The maximum Gasteiger partial charge on any atom is 0.343 e. The fourth-order valence-corrected chi connectivity index (χ4v) is 1.90. The van der Waals surface area contributed by atoms with Crippen molar-refractivity contribution in [2.45, 2.75) is 10.1 Å². The van der Waals surface area contributed by atoms with Crippen molar-refractivity contribution in [2.75, 3.05) is 5.43 Å². The van der Waals surface area contributed by atoms with Gasteiger partial charge in [0.1, 0.15) is 5.82 Å². The standard InChI is InChI=1S/C8H10N6OS/c1-14-7(15)12-13-8(14)16-5-2-3-10-6(4-5)11-9/h2-4H,9H2,1H3,(H,10,11)(H,12,15). The lowest BCUT2D eigenvalue weighted by molar-refractivity contribution is 0.766. The molecule has 0 atom stereocenters. The molecule has 4 N–H and O–H groups in total. The van der Waals surface area contributed by atoms with E-state index in [1.165, 1.54) is 16.3 Å². The quantitative estimate of drug-likeness (QED) is 0.511. The molecule has 0 amide bonds. The van der Waals surface area contributed by atoms with Crippen molar-refractivity contribution < 1.29 is 0 Å². The summed E-state index contributed by atoms with van der Waals surface area (Å²) in [6.07, 6.45) is 1.63. The summed E-state index contributed by atoms with van der Waals surface area (Å²) in [7, 11) is 1.65. The van der Waals surface area contributed by atoms with E-state index < -0.39 is 0 Å². The summed E-state index contributed by atoms with van der Waals surface area (Å²) in [5.41, 5.74) is 2.21. The van der Waals surface area contributed by atoms with E-state index in [2.05, 4.69) is 20.6 Å². The second-order valence-corrected chi connectivity index (χ2v) is 4.03. The van der Waals surface area contributed by atoms with Gasteiger partial charge in [-0.25, -0.2) is 20.7 Å². The molecule has 0 radical (unpaired) electrons. The molecule has 0 unspecified atom stereocenters. The van der Waals surface area contributed by atoms with Gasteiger partial charge in [0.25, 0.3) is 0 Å². The molecule has 0 saturated carbocycles. The van der Waals surface area contributed by atoms with E-state index in [1.54, 1.807) is 19.3 Å². The first-order valence-electron chi connectivity index (χ1n) is 4.42. The van der Waals surface area contributed by atoms with Crippen molar-refractivity contribution in [3.8, 4) is 0 Å². The zero-order valence-electron chi connectivity index (χ0n) is 8.47. The van der Waals surface area contributed by atoms with E-state index in [4.69, 9.17) is 5.84 Å². The first-order chi connectivity index (χ1) is 7.70. The van der Waals surface area contributed by atoms with E-state index in [0.29, 0.717) is 11.0 Å². The summed E-state index contributed by atoms with van der Waals surface area (Å²) in [5.74, 6) is 5.81. The molecule has 2 heterocycles. The van der Waals surface area contributed by atoms with Crippen molar-refractivity contribution in [1.29, 1.82) is 0 Å². The average molecular weight is 238 g/mol. The molecule has 84 valence electrons. The number of H-pyrrole nitrogens is 1. The Hall–Kier alpha value is -1.80. The van der Waals surface area contributed by atoms with Gasteiger partial charge in [-0.05, 0) is 23.9 Å². The molecular weight excluding hydrogens is 228 g/mol. The van der Waals surface area contributed by atoms with Crippen LogP contribution in [0.3, 0.4) is 0 Å². The Morgan fingerprint density at radius 2 is 2.44 bits per heavy atom. The van der Waals surface area contributed by atoms with Crippen LogP contribution in [0.25, 0.3) is 0 Å².